The number of rotatable bonds is 6. The van der Waals surface area contributed by atoms with Crippen LogP contribution in [0.5, 0.6) is 5.75 Å². The van der Waals surface area contributed by atoms with Crippen LogP contribution in [0.1, 0.15) is 29.4 Å². The van der Waals surface area contributed by atoms with E-state index in [9.17, 15) is 23.1 Å². The Labute approximate surface area is 174 Å². The molecule has 2 aromatic rings. The number of aliphatic hydroxyl groups is 1. The fraction of sp³-hybridized carbons (Fsp3) is 0.316. The molecule has 0 spiro atoms. The molecule has 7 nitrogen and oxygen atoms in total. The SMILES string of the molecule is CCOC(=O)c1csc(N2N=C(C=Cc3ccc(OC)cc3)CC2(O)C(F)(F)F)n1. The quantitative estimate of drug-likeness (QED) is 0.686. The molecule has 1 aliphatic rings. The Morgan fingerprint density at radius 2 is 2.03 bits per heavy atom. The van der Waals surface area contributed by atoms with Gasteiger partial charge in [-0.1, -0.05) is 18.2 Å². The van der Waals surface area contributed by atoms with Crippen LogP contribution in [-0.2, 0) is 4.74 Å². The third-order valence-corrected chi connectivity index (χ3v) is 5.02. The number of allylic oxidation sites excluding steroid dienone is 1. The summed E-state index contributed by atoms with van der Waals surface area (Å²) in [7, 11) is 1.52. The number of benzene rings is 1. The number of halogens is 3. The molecule has 0 saturated carbocycles. The third-order valence-electron chi connectivity index (χ3n) is 4.20. The Morgan fingerprint density at radius 3 is 2.63 bits per heavy atom. The summed E-state index contributed by atoms with van der Waals surface area (Å²) in [5.41, 5.74) is -2.72. The summed E-state index contributed by atoms with van der Waals surface area (Å²) in [6.45, 7) is 1.69. The van der Waals surface area contributed by atoms with Gasteiger partial charge in [0, 0.05) is 5.38 Å². The first-order chi connectivity index (χ1) is 14.2. The minimum atomic E-state index is -5.01. The molecule has 30 heavy (non-hydrogen) atoms. The maximum Gasteiger partial charge on any atom is 0.438 e. The van der Waals surface area contributed by atoms with Crippen LogP contribution in [0, 0.1) is 0 Å². The molecule has 1 atom stereocenters. The maximum atomic E-state index is 13.7. The molecule has 11 heteroatoms. The first-order valence-corrected chi connectivity index (χ1v) is 9.67. The Hall–Kier alpha value is -2.92. The van der Waals surface area contributed by atoms with E-state index in [0.29, 0.717) is 16.3 Å². The topological polar surface area (TPSA) is 84.2 Å². The van der Waals surface area contributed by atoms with Crippen molar-refractivity contribution in [3.05, 3.63) is 47.0 Å². The number of alkyl halides is 3. The van der Waals surface area contributed by atoms with E-state index in [1.165, 1.54) is 18.6 Å². The predicted octanol–water partition coefficient (Wildman–Crippen LogP) is 3.86. The highest BCUT2D eigenvalue weighted by atomic mass is 32.1. The van der Waals surface area contributed by atoms with Gasteiger partial charge < -0.3 is 14.6 Å². The standard InChI is InChI=1S/C19H18F3N3O4S/c1-3-29-16(26)15-11-30-17(23-15)25-18(27,19(20,21)22)10-13(24-25)7-4-12-5-8-14(28-2)9-6-12/h4-9,11,27H,3,10H2,1-2H3. The lowest BCUT2D eigenvalue weighted by Gasteiger charge is -2.32. The van der Waals surface area contributed by atoms with Gasteiger partial charge in [-0.05, 0) is 30.7 Å². The zero-order valence-electron chi connectivity index (χ0n) is 16.0. The first-order valence-electron chi connectivity index (χ1n) is 8.79. The van der Waals surface area contributed by atoms with Gasteiger partial charge in [-0.15, -0.1) is 11.3 Å². The molecular weight excluding hydrogens is 423 g/mol. The van der Waals surface area contributed by atoms with Gasteiger partial charge in [0.15, 0.2) is 5.69 Å². The van der Waals surface area contributed by atoms with Crippen molar-refractivity contribution in [2.75, 3.05) is 18.7 Å². The minimum absolute atomic E-state index is 0.00136. The normalized spacial score (nSPS) is 19.3. The molecule has 2 heterocycles. The lowest BCUT2D eigenvalue weighted by Crippen LogP contribution is -2.55. The number of carbonyl (C=O) groups is 1. The lowest BCUT2D eigenvalue weighted by atomic mass is 10.1. The van der Waals surface area contributed by atoms with Gasteiger partial charge in [0.25, 0.3) is 5.72 Å². The fourth-order valence-electron chi connectivity index (χ4n) is 2.66. The zero-order chi connectivity index (χ0) is 21.9. The number of nitrogens with zero attached hydrogens (tertiary/aromatic N) is 3. The predicted molar refractivity (Wildman–Crippen MR) is 106 cm³/mol. The van der Waals surface area contributed by atoms with Crippen LogP contribution in [0.15, 0.2) is 40.8 Å². The van der Waals surface area contributed by atoms with Crippen LogP contribution in [0.25, 0.3) is 6.08 Å². The molecule has 1 aromatic heterocycles. The molecule has 0 aliphatic carbocycles. The van der Waals surface area contributed by atoms with E-state index in [2.05, 4.69) is 10.1 Å². The second kappa shape index (κ2) is 8.44. The first kappa shape index (κ1) is 21.8. The van der Waals surface area contributed by atoms with Gasteiger partial charge >= 0.3 is 12.1 Å². The Bertz CT molecular complexity index is 972. The van der Waals surface area contributed by atoms with Crippen molar-refractivity contribution in [2.45, 2.75) is 25.2 Å². The van der Waals surface area contributed by atoms with Crippen LogP contribution < -0.4 is 9.75 Å². The van der Waals surface area contributed by atoms with Crippen molar-refractivity contribution in [2.24, 2.45) is 5.10 Å². The van der Waals surface area contributed by atoms with Gasteiger partial charge in [-0.3, -0.25) is 0 Å². The number of hydrazone groups is 1. The highest BCUT2D eigenvalue weighted by Gasteiger charge is 2.62. The number of methoxy groups -OCH3 is 1. The summed E-state index contributed by atoms with van der Waals surface area (Å²) < 4.78 is 50.9. The molecule has 0 fully saturated rings. The highest BCUT2D eigenvalue weighted by molar-refractivity contribution is 7.14. The number of hydrogen-bond acceptors (Lipinski definition) is 8. The number of hydrogen-bond donors (Lipinski definition) is 1. The van der Waals surface area contributed by atoms with E-state index in [-0.39, 0.29) is 23.1 Å². The maximum absolute atomic E-state index is 13.7. The van der Waals surface area contributed by atoms with Gasteiger partial charge in [0.05, 0.1) is 25.8 Å². The van der Waals surface area contributed by atoms with Crippen molar-refractivity contribution < 1.29 is 32.5 Å². The number of carbonyl (C=O) groups excluding carboxylic acids is 1. The smallest absolute Gasteiger partial charge is 0.438 e. The summed E-state index contributed by atoms with van der Waals surface area (Å²) in [5.74, 6) is -0.123. The molecule has 1 N–H and O–H groups in total. The second-order valence-corrected chi connectivity index (χ2v) is 7.07. The van der Waals surface area contributed by atoms with E-state index in [1.807, 2.05) is 0 Å². The van der Waals surface area contributed by atoms with Crippen molar-refractivity contribution >= 4 is 34.2 Å². The van der Waals surface area contributed by atoms with Crippen LogP contribution in [0.3, 0.4) is 0 Å². The average molecular weight is 441 g/mol. The van der Waals surface area contributed by atoms with Crippen molar-refractivity contribution in [1.82, 2.24) is 4.98 Å². The molecule has 0 radical (unpaired) electrons. The van der Waals surface area contributed by atoms with Crippen molar-refractivity contribution in [3.8, 4) is 5.75 Å². The fourth-order valence-corrected chi connectivity index (χ4v) is 3.46. The van der Waals surface area contributed by atoms with Crippen LogP contribution >= 0.6 is 11.3 Å². The van der Waals surface area contributed by atoms with Gasteiger partial charge in [0.1, 0.15) is 5.75 Å². The molecule has 1 aromatic carbocycles. The molecule has 0 bridgehead atoms. The summed E-state index contributed by atoms with van der Waals surface area (Å²) in [6, 6.07) is 6.87. The minimum Gasteiger partial charge on any atom is -0.497 e. The average Bonchev–Trinajstić information content (AvgIpc) is 3.32. The van der Waals surface area contributed by atoms with Crippen molar-refractivity contribution in [1.29, 1.82) is 0 Å². The van der Waals surface area contributed by atoms with E-state index in [0.717, 1.165) is 11.3 Å². The number of ether oxygens (including phenoxy) is 2. The van der Waals surface area contributed by atoms with Crippen LogP contribution in [0.4, 0.5) is 18.3 Å². The second-order valence-electron chi connectivity index (χ2n) is 6.24. The summed E-state index contributed by atoms with van der Waals surface area (Å²) in [6.07, 6.45) is -2.84. The van der Waals surface area contributed by atoms with Gasteiger partial charge in [-0.2, -0.15) is 23.3 Å². The Morgan fingerprint density at radius 1 is 1.33 bits per heavy atom. The molecule has 0 saturated heterocycles. The van der Waals surface area contributed by atoms with Gasteiger partial charge in [0.2, 0.25) is 5.13 Å². The van der Waals surface area contributed by atoms with Gasteiger partial charge in [-0.25, -0.2) is 9.78 Å². The molecule has 1 unspecified atom stereocenters. The number of esters is 1. The number of aromatic nitrogens is 1. The molecular formula is C19H18F3N3O4S. The number of thiazole rings is 1. The van der Waals surface area contributed by atoms with Crippen molar-refractivity contribution in [3.63, 3.8) is 0 Å². The lowest BCUT2D eigenvalue weighted by molar-refractivity contribution is -0.254. The van der Waals surface area contributed by atoms with E-state index in [1.54, 1.807) is 37.3 Å². The number of anilines is 1. The van der Waals surface area contributed by atoms with E-state index >= 15 is 0 Å². The van der Waals surface area contributed by atoms with Crippen LogP contribution in [-0.4, -0.2) is 47.4 Å². The molecule has 0 amide bonds. The van der Waals surface area contributed by atoms with Crippen LogP contribution in [0.2, 0.25) is 0 Å². The molecule has 1 aliphatic heterocycles. The molecule has 160 valence electrons. The summed E-state index contributed by atoms with van der Waals surface area (Å²) in [5, 5.41) is 15.7. The largest absolute Gasteiger partial charge is 0.497 e. The molecule has 3 rings (SSSR count). The monoisotopic (exact) mass is 441 g/mol. The Kier molecular flexibility index (Phi) is 6.13. The summed E-state index contributed by atoms with van der Waals surface area (Å²) in [4.78, 5) is 15.6. The van der Waals surface area contributed by atoms with E-state index < -0.39 is 24.3 Å². The summed E-state index contributed by atoms with van der Waals surface area (Å²) >= 11 is 0.749. The highest BCUT2D eigenvalue weighted by Crippen LogP contribution is 2.43. The third kappa shape index (κ3) is 4.31. The Balaban J connectivity index is 1.89. The van der Waals surface area contributed by atoms with E-state index in [4.69, 9.17) is 9.47 Å². The zero-order valence-corrected chi connectivity index (χ0v) is 16.8.